The summed E-state index contributed by atoms with van der Waals surface area (Å²) in [6.07, 6.45) is 6.71. The molecule has 1 aromatic rings. The van der Waals surface area contributed by atoms with Gasteiger partial charge < -0.3 is 15.4 Å². The topological polar surface area (TPSA) is 79.8 Å². The van der Waals surface area contributed by atoms with Crippen LogP contribution in [0.25, 0.3) is 0 Å². The minimum atomic E-state index is -2.99. The summed E-state index contributed by atoms with van der Waals surface area (Å²) in [6.45, 7) is 0.342. The average molecular weight is 365 g/mol. The van der Waals surface area contributed by atoms with Gasteiger partial charge in [0, 0.05) is 31.8 Å². The molecule has 138 valence electrons. The fourth-order valence-corrected chi connectivity index (χ4v) is 4.26. The van der Waals surface area contributed by atoms with Gasteiger partial charge in [-0.2, -0.15) is 0 Å². The third-order valence-corrected chi connectivity index (χ3v) is 5.96. The van der Waals surface area contributed by atoms with Gasteiger partial charge in [-0.25, -0.2) is 8.42 Å². The number of rotatable bonds is 4. The zero-order valence-electron chi connectivity index (χ0n) is 14.9. The third kappa shape index (κ3) is 4.45. The summed E-state index contributed by atoms with van der Waals surface area (Å²) in [6, 6.07) is 8.24. The molecule has 0 radical (unpaired) electrons. The lowest BCUT2D eigenvalue weighted by Gasteiger charge is -2.40. The van der Waals surface area contributed by atoms with Crippen molar-refractivity contribution >= 4 is 15.8 Å². The van der Waals surface area contributed by atoms with Gasteiger partial charge in [-0.05, 0) is 31.7 Å². The van der Waals surface area contributed by atoms with Crippen LogP contribution in [0.5, 0.6) is 5.75 Å². The first kappa shape index (κ1) is 18.0. The quantitative estimate of drug-likeness (QED) is 0.630. The SMILES string of the molecule is CN=C(NCCS(C)(=O)=O)NC1CC2(CCCC2)Oc2ccccc21. The van der Waals surface area contributed by atoms with E-state index in [9.17, 15) is 8.42 Å². The van der Waals surface area contributed by atoms with Gasteiger partial charge in [-0.15, -0.1) is 0 Å². The van der Waals surface area contributed by atoms with Crippen LogP contribution in [0.4, 0.5) is 0 Å². The molecule has 0 amide bonds. The molecular formula is C18H27N3O3S. The molecule has 1 spiro atoms. The summed E-state index contributed by atoms with van der Waals surface area (Å²) < 4.78 is 29.0. The van der Waals surface area contributed by atoms with E-state index in [0.29, 0.717) is 12.5 Å². The highest BCUT2D eigenvalue weighted by atomic mass is 32.2. The van der Waals surface area contributed by atoms with Crippen molar-refractivity contribution in [3.63, 3.8) is 0 Å². The number of hydrogen-bond donors (Lipinski definition) is 2. The second-order valence-electron chi connectivity index (χ2n) is 7.06. The Balaban J connectivity index is 1.73. The second-order valence-corrected chi connectivity index (χ2v) is 9.32. The van der Waals surface area contributed by atoms with Crippen LogP contribution in [0.1, 0.15) is 43.7 Å². The van der Waals surface area contributed by atoms with Gasteiger partial charge in [0.1, 0.15) is 21.2 Å². The Hall–Kier alpha value is -1.76. The zero-order chi connectivity index (χ0) is 17.9. The van der Waals surface area contributed by atoms with Gasteiger partial charge in [0.15, 0.2) is 5.96 Å². The largest absolute Gasteiger partial charge is 0.487 e. The molecule has 1 unspecified atom stereocenters. The van der Waals surface area contributed by atoms with Crippen LogP contribution in [-0.2, 0) is 9.84 Å². The standard InChI is InChI=1S/C18H27N3O3S/c1-19-17(20-11-12-25(2,22)23)21-15-13-18(9-5-6-10-18)24-16-8-4-3-7-14(15)16/h3-4,7-8,15H,5-6,9-13H2,1-2H3,(H2,19,20,21). The molecule has 1 aliphatic heterocycles. The van der Waals surface area contributed by atoms with E-state index in [4.69, 9.17) is 4.74 Å². The lowest BCUT2D eigenvalue weighted by Crippen LogP contribution is -2.47. The molecule has 0 aromatic heterocycles. The van der Waals surface area contributed by atoms with Crippen molar-refractivity contribution in [2.45, 2.75) is 43.7 Å². The van der Waals surface area contributed by atoms with E-state index in [-0.39, 0.29) is 17.4 Å². The Kier molecular flexibility index (Phi) is 5.22. The second kappa shape index (κ2) is 7.23. The molecule has 7 heteroatoms. The monoisotopic (exact) mass is 365 g/mol. The van der Waals surface area contributed by atoms with E-state index < -0.39 is 9.84 Å². The molecule has 1 atom stereocenters. The summed E-state index contributed by atoms with van der Waals surface area (Å²) >= 11 is 0. The van der Waals surface area contributed by atoms with E-state index in [0.717, 1.165) is 30.6 Å². The van der Waals surface area contributed by atoms with Crippen molar-refractivity contribution in [3.05, 3.63) is 29.8 Å². The van der Waals surface area contributed by atoms with Gasteiger partial charge in [-0.1, -0.05) is 18.2 Å². The van der Waals surface area contributed by atoms with E-state index in [1.54, 1.807) is 7.05 Å². The van der Waals surface area contributed by atoms with Crippen LogP contribution in [0.15, 0.2) is 29.3 Å². The molecule has 1 aromatic carbocycles. The molecule has 1 saturated carbocycles. The Bertz CT molecular complexity index is 740. The summed E-state index contributed by atoms with van der Waals surface area (Å²) in [7, 11) is -1.29. The normalized spacial score (nSPS) is 22.3. The van der Waals surface area contributed by atoms with Crippen molar-refractivity contribution in [3.8, 4) is 5.75 Å². The molecule has 3 rings (SSSR count). The minimum Gasteiger partial charge on any atom is -0.487 e. The van der Waals surface area contributed by atoms with Gasteiger partial charge in [0.2, 0.25) is 0 Å². The van der Waals surface area contributed by atoms with Crippen molar-refractivity contribution in [2.75, 3.05) is 25.6 Å². The molecular weight excluding hydrogens is 338 g/mol. The van der Waals surface area contributed by atoms with Gasteiger partial charge in [0.25, 0.3) is 0 Å². The molecule has 0 saturated heterocycles. The van der Waals surface area contributed by atoms with Crippen LogP contribution in [0, 0.1) is 0 Å². The summed E-state index contributed by atoms with van der Waals surface area (Å²) in [5.74, 6) is 1.65. The maximum Gasteiger partial charge on any atom is 0.191 e. The van der Waals surface area contributed by atoms with Crippen LogP contribution in [0.2, 0.25) is 0 Å². The molecule has 2 aliphatic rings. The highest BCUT2D eigenvalue weighted by Crippen LogP contribution is 2.46. The number of aliphatic imine (C=N–C) groups is 1. The van der Waals surface area contributed by atoms with Gasteiger partial charge in [-0.3, -0.25) is 4.99 Å². The molecule has 0 bridgehead atoms. The van der Waals surface area contributed by atoms with Crippen molar-refractivity contribution in [1.82, 2.24) is 10.6 Å². The Morgan fingerprint density at radius 3 is 2.72 bits per heavy atom. The van der Waals surface area contributed by atoms with Crippen LogP contribution in [0.3, 0.4) is 0 Å². The molecule has 1 heterocycles. The number of fused-ring (bicyclic) bond motifs is 1. The van der Waals surface area contributed by atoms with E-state index >= 15 is 0 Å². The number of nitrogens with zero attached hydrogens (tertiary/aromatic N) is 1. The number of hydrogen-bond acceptors (Lipinski definition) is 4. The zero-order valence-corrected chi connectivity index (χ0v) is 15.7. The number of benzene rings is 1. The first-order valence-electron chi connectivity index (χ1n) is 8.84. The molecule has 2 N–H and O–H groups in total. The maximum atomic E-state index is 11.3. The van der Waals surface area contributed by atoms with Crippen LogP contribution in [-0.4, -0.2) is 45.6 Å². The number of sulfone groups is 1. The van der Waals surface area contributed by atoms with Gasteiger partial charge in [0.05, 0.1) is 11.8 Å². The highest BCUT2D eigenvalue weighted by Gasteiger charge is 2.43. The van der Waals surface area contributed by atoms with Crippen molar-refractivity contribution < 1.29 is 13.2 Å². The summed E-state index contributed by atoms with van der Waals surface area (Å²) in [5.41, 5.74) is 1.04. The number of para-hydroxylation sites is 1. The molecule has 25 heavy (non-hydrogen) atoms. The number of nitrogens with one attached hydrogen (secondary N) is 2. The highest BCUT2D eigenvalue weighted by molar-refractivity contribution is 7.90. The fraction of sp³-hybridized carbons (Fsp3) is 0.611. The predicted octanol–water partition coefficient (Wildman–Crippen LogP) is 2.03. The Morgan fingerprint density at radius 2 is 2.04 bits per heavy atom. The van der Waals surface area contributed by atoms with Crippen LogP contribution < -0.4 is 15.4 Å². The van der Waals surface area contributed by atoms with Crippen molar-refractivity contribution in [2.24, 2.45) is 4.99 Å². The Morgan fingerprint density at radius 1 is 1.32 bits per heavy atom. The lowest BCUT2D eigenvalue weighted by molar-refractivity contribution is 0.0396. The third-order valence-electron chi connectivity index (χ3n) is 5.01. The van der Waals surface area contributed by atoms with E-state index in [1.807, 2.05) is 18.2 Å². The lowest BCUT2D eigenvalue weighted by atomic mass is 9.86. The van der Waals surface area contributed by atoms with Crippen LogP contribution >= 0.6 is 0 Å². The Labute approximate surface area is 150 Å². The summed E-state index contributed by atoms with van der Waals surface area (Å²) in [5, 5.41) is 6.57. The van der Waals surface area contributed by atoms with E-state index in [2.05, 4.69) is 21.7 Å². The molecule has 1 fully saturated rings. The number of ether oxygens (including phenoxy) is 1. The van der Waals surface area contributed by atoms with Gasteiger partial charge >= 0.3 is 0 Å². The minimum absolute atomic E-state index is 0.0853. The maximum absolute atomic E-state index is 11.3. The first-order chi connectivity index (χ1) is 11.9. The smallest absolute Gasteiger partial charge is 0.191 e. The molecule has 1 aliphatic carbocycles. The fourth-order valence-electron chi connectivity index (χ4n) is 3.79. The first-order valence-corrected chi connectivity index (χ1v) is 10.9. The average Bonchev–Trinajstić information content (AvgIpc) is 3.00. The van der Waals surface area contributed by atoms with Crippen molar-refractivity contribution in [1.29, 1.82) is 0 Å². The molecule has 6 nitrogen and oxygen atoms in total. The number of guanidine groups is 1. The predicted molar refractivity (Wildman–Crippen MR) is 99.8 cm³/mol. The van der Waals surface area contributed by atoms with E-state index in [1.165, 1.54) is 19.1 Å². The summed E-state index contributed by atoms with van der Waals surface area (Å²) in [4.78, 5) is 4.25.